The minimum Gasteiger partial charge on any atom is -0.352 e. The Bertz CT molecular complexity index is 835. The highest BCUT2D eigenvalue weighted by Gasteiger charge is 2.28. The van der Waals surface area contributed by atoms with E-state index in [0.29, 0.717) is 20.6 Å². The van der Waals surface area contributed by atoms with Gasteiger partial charge >= 0.3 is 0 Å². The maximum absolute atomic E-state index is 13.1. The minimum absolute atomic E-state index is 0.0116. The van der Waals surface area contributed by atoms with Crippen molar-refractivity contribution in [2.24, 2.45) is 0 Å². The number of rotatable bonds is 7. The van der Waals surface area contributed by atoms with Crippen molar-refractivity contribution in [3.63, 3.8) is 0 Å². The molecule has 0 saturated heterocycles. The van der Waals surface area contributed by atoms with Gasteiger partial charge in [-0.25, -0.2) is 0 Å². The van der Waals surface area contributed by atoms with Crippen molar-refractivity contribution in [2.75, 3.05) is 0 Å². The summed E-state index contributed by atoms with van der Waals surface area (Å²) in [5.41, 5.74) is 1.29. The second kappa shape index (κ2) is 10.1. The molecule has 0 aliphatic carbocycles. The van der Waals surface area contributed by atoms with E-state index in [1.165, 1.54) is 4.90 Å². The van der Waals surface area contributed by atoms with Crippen LogP contribution in [0.25, 0.3) is 0 Å². The summed E-state index contributed by atoms with van der Waals surface area (Å²) < 4.78 is 0. The molecule has 0 aromatic heterocycles. The van der Waals surface area contributed by atoms with Gasteiger partial charge in [-0.3, -0.25) is 9.59 Å². The third-order valence-corrected chi connectivity index (χ3v) is 5.36. The standard InChI is InChI=1S/C21H23Cl3N2O2/c1-13(2)25-21(28)14(3)26(12-15-7-4-5-8-17(15)22)20(27)11-16-18(23)9-6-10-19(16)24/h4-10,13-14H,11-12H2,1-3H3,(H,25,28)/t14-/m0/s1. The summed E-state index contributed by atoms with van der Waals surface area (Å²) in [6, 6.07) is 11.6. The molecule has 150 valence electrons. The van der Waals surface area contributed by atoms with Crippen molar-refractivity contribution in [1.82, 2.24) is 10.2 Å². The summed E-state index contributed by atoms with van der Waals surface area (Å²) in [5, 5.41) is 4.21. The first-order valence-electron chi connectivity index (χ1n) is 8.96. The zero-order valence-electron chi connectivity index (χ0n) is 16.0. The zero-order valence-corrected chi connectivity index (χ0v) is 18.3. The quantitative estimate of drug-likeness (QED) is 0.647. The van der Waals surface area contributed by atoms with Gasteiger partial charge in [0, 0.05) is 27.7 Å². The molecule has 4 nitrogen and oxygen atoms in total. The molecular weight excluding hydrogens is 419 g/mol. The summed E-state index contributed by atoms with van der Waals surface area (Å²) in [5.74, 6) is -0.498. The van der Waals surface area contributed by atoms with E-state index in [2.05, 4.69) is 5.32 Å². The maximum Gasteiger partial charge on any atom is 0.242 e. The third-order valence-electron chi connectivity index (χ3n) is 4.29. The minimum atomic E-state index is -0.688. The molecule has 1 N–H and O–H groups in total. The van der Waals surface area contributed by atoms with Gasteiger partial charge in [-0.15, -0.1) is 0 Å². The lowest BCUT2D eigenvalue weighted by Gasteiger charge is -2.30. The molecule has 0 aliphatic heterocycles. The highest BCUT2D eigenvalue weighted by Crippen LogP contribution is 2.26. The molecule has 0 fully saturated rings. The molecular formula is C21H23Cl3N2O2. The molecule has 0 aliphatic rings. The molecule has 0 spiro atoms. The van der Waals surface area contributed by atoms with Gasteiger partial charge < -0.3 is 10.2 Å². The second-order valence-electron chi connectivity index (χ2n) is 6.83. The van der Waals surface area contributed by atoms with Gasteiger partial charge in [0.15, 0.2) is 0 Å². The molecule has 7 heteroatoms. The third kappa shape index (κ3) is 5.87. The Morgan fingerprint density at radius 2 is 1.50 bits per heavy atom. The molecule has 28 heavy (non-hydrogen) atoms. The van der Waals surface area contributed by atoms with E-state index in [-0.39, 0.29) is 30.8 Å². The number of halogens is 3. The van der Waals surface area contributed by atoms with Gasteiger partial charge in [-0.05, 0) is 50.1 Å². The maximum atomic E-state index is 13.1. The van der Waals surface area contributed by atoms with Crippen LogP contribution in [0.3, 0.4) is 0 Å². The number of benzene rings is 2. The predicted octanol–water partition coefficient (Wildman–Crippen LogP) is 5.13. The Morgan fingerprint density at radius 3 is 2.07 bits per heavy atom. The second-order valence-corrected chi connectivity index (χ2v) is 8.05. The van der Waals surface area contributed by atoms with Crippen LogP contribution in [0.5, 0.6) is 0 Å². The summed E-state index contributed by atoms with van der Waals surface area (Å²) in [6.07, 6.45) is -0.0116. The normalized spacial score (nSPS) is 12.0. The lowest BCUT2D eigenvalue weighted by molar-refractivity contribution is -0.140. The van der Waals surface area contributed by atoms with Crippen molar-refractivity contribution < 1.29 is 9.59 Å². The first kappa shape index (κ1) is 22.5. The molecule has 0 radical (unpaired) electrons. The molecule has 0 saturated carbocycles. The number of nitrogens with zero attached hydrogens (tertiary/aromatic N) is 1. The molecule has 0 bridgehead atoms. The number of amides is 2. The summed E-state index contributed by atoms with van der Waals surface area (Å²) >= 11 is 18.7. The van der Waals surface area contributed by atoms with Crippen molar-refractivity contribution in [3.8, 4) is 0 Å². The molecule has 2 amide bonds. The van der Waals surface area contributed by atoms with Gasteiger partial charge in [0.25, 0.3) is 0 Å². The Morgan fingerprint density at radius 1 is 0.929 bits per heavy atom. The van der Waals surface area contributed by atoms with Gasteiger partial charge in [0.1, 0.15) is 6.04 Å². The lowest BCUT2D eigenvalue weighted by atomic mass is 10.1. The Kier molecular flexibility index (Phi) is 8.17. The van der Waals surface area contributed by atoms with E-state index in [0.717, 1.165) is 5.56 Å². The topological polar surface area (TPSA) is 49.4 Å². The van der Waals surface area contributed by atoms with Crippen LogP contribution in [0.1, 0.15) is 31.9 Å². The van der Waals surface area contributed by atoms with Crippen LogP contribution in [0.2, 0.25) is 15.1 Å². The van der Waals surface area contributed by atoms with E-state index in [1.807, 2.05) is 32.0 Å². The summed E-state index contributed by atoms with van der Waals surface area (Å²) in [4.78, 5) is 27.2. The highest BCUT2D eigenvalue weighted by atomic mass is 35.5. The Balaban J connectivity index is 2.32. The van der Waals surface area contributed by atoms with Crippen LogP contribution in [0, 0.1) is 0 Å². The molecule has 0 heterocycles. The molecule has 2 aromatic rings. The van der Waals surface area contributed by atoms with Crippen molar-refractivity contribution in [3.05, 3.63) is 68.7 Å². The lowest BCUT2D eigenvalue weighted by Crippen LogP contribution is -2.49. The van der Waals surface area contributed by atoms with Crippen molar-refractivity contribution in [1.29, 1.82) is 0 Å². The fourth-order valence-electron chi connectivity index (χ4n) is 2.75. The fraction of sp³-hybridized carbons (Fsp3) is 0.333. The number of hydrogen-bond donors (Lipinski definition) is 1. The van der Waals surface area contributed by atoms with Crippen LogP contribution in [-0.2, 0) is 22.6 Å². The molecule has 2 rings (SSSR count). The van der Waals surface area contributed by atoms with Gasteiger partial charge in [-0.2, -0.15) is 0 Å². The van der Waals surface area contributed by atoms with E-state index in [9.17, 15) is 9.59 Å². The Labute approximate surface area is 180 Å². The molecule has 2 aromatic carbocycles. The number of hydrogen-bond acceptors (Lipinski definition) is 2. The van der Waals surface area contributed by atoms with Gasteiger partial charge in [-0.1, -0.05) is 59.1 Å². The van der Waals surface area contributed by atoms with Gasteiger partial charge in [0.05, 0.1) is 6.42 Å². The SMILES string of the molecule is CC(C)NC(=O)[C@H](C)N(Cc1ccccc1Cl)C(=O)Cc1c(Cl)cccc1Cl. The first-order valence-corrected chi connectivity index (χ1v) is 10.1. The van der Waals surface area contributed by atoms with E-state index >= 15 is 0 Å². The highest BCUT2D eigenvalue weighted by molar-refractivity contribution is 6.36. The van der Waals surface area contributed by atoms with Crippen LogP contribution in [0.4, 0.5) is 0 Å². The van der Waals surface area contributed by atoms with Crippen molar-refractivity contribution >= 4 is 46.6 Å². The van der Waals surface area contributed by atoms with E-state index in [1.54, 1.807) is 31.2 Å². The van der Waals surface area contributed by atoms with Crippen LogP contribution >= 0.6 is 34.8 Å². The largest absolute Gasteiger partial charge is 0.352 e. The van der Waals surface area contributed by atoms with Crippen LogP contribution in [-0.4, -0.2) is 28.8 Å². The predicted molar refractivity (Wildman–Crippen MR) is 115 cm³/mol. The fourth-order valence-corrected chi connectivity index (χ4v) is 3.48. The van der Waals surface area contributed by atoms with Gasteiger partial charge in [0.2, 0.25) is 11.8 Å². The molecule has 1 atom stereocenters. The van der Waals surface area contributed by atoms with Crippen LogP contribution < -0.4 is 5.32 Å². The Hall–Kier alpha value is -1.75. The summed E-state index contributed by atoms with van der Waals surface area (Å²) in [6.45, 7) is 5.64. The summed E-state index contributed by atoms with van der Waals surface area (Å²) in [7, 11) is 0. The smallest absolute Gasteiger partial charge is 0.242 e. The average Bonchev–Trinajstić information content (AvgIpc) is 2.63. The molecule has 0 unspecified atom stereocenters. The van der Waals surface area contributed by atoms with E-state index in [4.69, 9.17) is 34.8 Å². The number of carbonyl (C=O) groups is 2. The number of carbonyl (C=O) groups excluding carboxylic acids is 2. The first-order chi connectivity index (χ1) is 13.2. The number of nitrogens with one attached hydrogen (secondary N) is 1. The monoisotopic (exact) mass is 440 g/mol. The zero-order chi connectivity index (χ0) is 20.8. The van der Waals surface area contributed by atoms with Crippen LogP contribution in [0.15, 0.2) is 42.5 Å². The van der Waals surface area contributed by atoms with E-state index < -0.39 is 6.04 Å². The average molecular weight is 442 g/mol. The van der Waals surface area contributed by atoms with Crippen molar-refractivity contribution in [2.45, 2.75) is 45.8 Å².